The van der Waals surface area contributed by atoms with Gasteiger partial charge in [-0.05, 0) is 13.0 Å². The lowest BCUT2D eigenvalue weighted by atomic mass is 9.87. The second-order valence-electron chi connectivity index (χ2n) is 5.02. The van der Waals surface area contributed by atoms with Gasteiger partial charge in [0.05, 0.1) is 48.2 Å². The van der Waals surface area contributed by atoms with Gasteiger partial charge >= 0.3 is 5.97 Å². The number of aromatic nitrogens is 1. The molecule has 0 aliphatic carbocycles. The smallest absolute Gasteiger partial charge is 0.311 e. The predicted octanol–water partition coefficient (Wildman–Crippen LogP) is 1.68. The lowest BCUT2D eigenvalue weighted by Gasteiger charge is -2.44. The Morgan fingerprint density at radius 3 is 3.30 bits per heavy atom. The fourth-order valence-electron chi connectivity index (χ4n) is 2.95. The number of rotatable bonds is 2. The minimum atomic E-state index is -0.226. The predicted molar refractivity (Wildman–Crippen MR) is 75.0 cm³/mol. The van der Waals surface area contributed by atoms with Crippen molar-refractivity contribution in [1.29, 1.82) is 0 Å². The first-order valence-electron chi connectivity index (χ1n) is 6.86. The number of carbonyl (C=O) groups excluding carboxylic acids is 1. The van der Waals surface area contributed by atoms with Crippen LogP contribution in [0, 0.1) is 5.92 Å². The van der Waals surface area contributed by atoms with E-state index in [1.165, 1.54) is 0 Å². The van der Waals surface area contributed by atoms with Gasteiger partial charge in [-0.25, -0.2) is 0 Å². The highest BCUT2D eigenvalue weighted by atomic mass is 35.5. The van der Waals surface area contributed by atoms with Gasteiger partial charge in [0.1, 0.15) is 0 Å². The van der Waals surface area contributed by atoms with Crippen LogP contribution in [-0.4, -0.2) is 43.4 Å². The molecule has 2 atom stereocenters. The van der Waals surface area contributed by atoms with Crippen molar-refractivity contribution >= 4 is 23.3 Å². The number of fused-ring (bicyclic) bond motifs is 3. The maximum absolute atomic E-state index is 12.2. The van der Waals surface area contributed by atoms with Crippen molar-refractivity contribution in [3.05, 3.63) is 23.0 Å². The van der Waals surface area contributed by atoms with Crippen LogP contribution in [0.1, 0.15) is 12.6 Å². The molecule has 0 unspecified atom stereocenters. The third kappa shape index (κ3) is 2.36. The zero-order valence-corrected chi connectivity index (χ0v) is 12.1. The van der Waals surface area contributed by atoms with E-state index in [0.717, 1.165) is 17.9 Å². The van der Waals surface area contributed by atoms with E-state index in [0.29, 0.717) is 31.3 Å². The van der Waals surface area contributed by atoms with Crippen LogP contribution in [0.5, 0.6) is 0 Å². The summed E-state index contributed by atoms with van der Waals surface area (Å²) in [5.74, 6) is -0.396. The van der Waals surface area contributed by atoms with Crippen molar-refractivity contribution in [1.82, 2.24) is 4.98 Å². The Balaban J connectivity index is 1.96. The first kappa shape index (κ1) is 13.6. The second-order valence-corrected chi connectivity index (χ2v) is 5.45. The van der Waals surface area contributed by atoms with E-state index in [4.69, 9.17) is 21.1 Å². The number of halogens is 1. The molecule has 3 heterocycles. The number of hydrogen-bond acceptors (Lipinski definition) is 5. The number of morpholine rings is 1. The standard InChI is InChI=1S/C14H17ClN2O3/c1-2-20-14(18)10-6-11-12(5-9(15)7-16-11)17-3-4-19-8-13(10)17/h5,7,10,13H,2-4,6,8H2,1H3/t10-,13+/m0/s1. The molecule has 2 aliphatic rings. The summed E-state index contributed by atoms with van der Waals surface area (Å²) in [5, 5.41) is 0.614. The maximum atomic E-state index is 12.2. The van der Waals surface area contributed by atoms with Crippen molar-refractivity contribution in [3.8, 4) is 0 Å². The van der Waals surface area contributed by atoms with E-state index in [2.05, 4.69) is 9.88 Å². The van der Waals surface area contributed by atoms with Crippen LogP contribution in [-0.2, 0) is 20.7 Å². The summed E-state index contributed by atoms with van der Waals surface area (Å²) in [5.41, 5.74) is 1.93. The van der Waals surface area contributed by atoms with Crippen LogP contribution < -0.4 is 4.90 Å². The van der Waals surface area contributed by atoms with E-state index >= 15 is 0 Å². The topological polar surface area (TPSA) is 51.7 Å². The number of ether oxygens (including phenoxy) is 2. The normalized spacial score (nSPS) is 24.8. The van der Waals surface area contributed by atoms with E-state index in [9.17, 15) is 4.79 Å². The number of pyridine rings is 1. The molecule has 0 radical (unpaired) electrons. The maximum Gasteiger partial charge on any atom is 0.311 e. The molecule has 3 rings (SSSR count). The summed E-state index contributed by atoms with van der Waals surface area (Å²) in [6.07, 6.45) is 2.21. The van der Waals surface area contributed by atoms with Crippen LogP contribution in [0.3, 0.4) is 0 Å². The summed E-state index contributed by atoms with van der Waals surface area (Å²) in [4.78, 5) is 18.7. The third-order valence-electron chi connectivity index (χ3n) is 3.86. The number of carbonyl (C=O) groups is 1. The molecule has 1 aromatic rings. The van der Waals surface area contributed by atoms with Crippen molar-refractivity contribution in [2.45, 2.75) is 19.4 Å². The van der Waals surface area contributed by atoms with Gasteiger partial charge in [0.2, 0.25) is 0 Å². The van der Waals surface area contributed by atoms with Gasteiger partial charge in [-0.15, -0.1) is 0 Å². The van der Waals surface area contributed by atoms with Gasteiger partial charge in [0.25, 0.3) is 0 Å². The number of esters is 1. The van der Waals surface area contributed by atoms with Crippen LogP contribution in [0.25, 0.3) is 0 Å². The number of nitrogens with zero attached hydrogens (tertiary/aromatic N) is 2. The monoisotopic (exact) mass is 296 g/mol. The highest BCUT2D eigenvalue weighted by molar-refractivity contribution is 6.30. The first-order valence-corrected chi connectivity index (χ1v) is 7.24. The Hall–Kier alpha value is -1.33. The van der Waals surface area contributed by atoms with Gasteiger partial charge in [0.15, 0.2) is 0 Å². The van der Waals surface area contributed by atoms with Gasteiger partial charge in [-0.3, -0.25) is 9.78 Å². The Kier molecular flexibility index (Phi) is 3.81. The van der Waals surface area contributed by atoms with Crippen molar-refractivity contribution in [3.63, 3.8) is 0 Å². The van der Waals surface area contributed by atoms with Crippen molar-refractivity contribution in [2.75, 3.05) is 31.3 Å². The zero-order chi connectivity index (χ0) is 14.1. The minimum absolute atomic E-state index is 0.00978. The van der Waals surface area contributed by atoms with E-state index < -0.39 is 0 Å². The fourth-order valence-corrected chi connectivity index (χ4v) is 3.10. The molecule has 20 heavy (non-hydrogen) atoms. The molecule has 1 saturated heterocycles. The Morgan fingerprint density at radius 2 is 2.50 bits per heavy atom. The van der Waals surface area contributed by atoms with Gasteiger partial charge in [-0.1, -0.05) is 11.6 Å². The Labute approximate surface area is 122 Å². The lowest BCUT2D eigenvalue weighted by molar-refractivity contribution is -0.150. The number of hydrogen-bond donors (Lipinski definition) is 0. The highest BCUT2D eigenvalue weighted by Crippen LogP contribution is 2.36. The van der Waals surface area contributed by atoms with Crippen LogP contribution in [0.15, 0.2) is 12.3 Å². The molecular formula is C14H17ClN2O3. The molecule has 108 valence electrons. The summed E-state index contributed by atoms with van der Waals surface area (Å²) in [6.45, 7) is 4.15. The molecule has 1 aromatic heterocycles. The molecule has 0 bridgehead atoms. The molecule has 0 N–H and O–H groups in total. The van der Waals surface area contributed by atoms with Crippen molar-refractivity contribution < 1.29 is 14.3 Å². The summed E-state index contributed by atoms with van der Waals surface area (Å²) >= 11 is 6.04. The van der Waals surface area contributed by atoms with E-state index in [1.807, 2.05) is 13.0 Å². The number of anilines is 1. The van der Waals surface area contributed by atoms with Crippen LogP contribution in [0.4, 0.5) is 5.69 Å². The van der Waals surface area contributed by atoms with E-state index in [-0.39, 0.29) is 17.9 Å². The molecule has 0 amide bonds. The second kappa shape index (κ2) is 5.58. The summed E-state index contributed by atoms with van der Waals surface area (Å²) < 4.78 is 10.7. The van der Waals surface area contributed by atoms with Gasteiger partial charge in [-0.2, -0.15) is 0 Å². The lowest BCUT2D eigenvalue weighted by Crippen LogP contribution is -2.55. The summed E-state index contributed by atoms with van der Waals surface area (Å²) in [7, 11) is 0. The zero-order valence-electron chi connectivity index (χ0n) is 11.3. The van der Waals surface area contributed by atoms with E-state index in [1.54, 1.807) is 6.20 Å². The molecule has 5 nitrogen and oxygen atoms in total. The fraction of sp³-hybridized carbons (Fsp3) is 0.571. The average molecular weight is 297 g/mol. The summed E-state index contributed by atoms with van der Waals surface area (Å²) in [6, 6.07) is 1.93. The molecule has 0 saturated carbocycles. The van der Waals surface area contributed by atoms with Crippen LogP contribution in [0.2, 0.25) is 5.02 Å². The SMILES string of the molecule is CCOC(=O)[C@H]1Cc2ncc(Cl)cc2N2CCOC[C@H]12. The molecular weight excluding hydrogens is 280 g/mol. The molecule has 6 heteroatoms. The molecule has 1 fully saturated rings. The largest absolute Gasteiger partial charge is 0.466 e. The average Bonchev–Trinajstić information content (AvgIpc) is 2.47. The minimum Gasteiger partial charge on any atom is -0.466 e. The third-order valence-corrected chi connectivity index (χ3v) is 4.06. The quantitative estimate of drug-likeness (QED) is 0.777. The van der Waals surface area contributed by atoms with Gasteiger partial charge in [0, 0.05) is 19.2 Å². The molecule has 0 aromatic carbocycles. The Morgan fingerprint density at radius 1 is 1.65 bits per heavy atom. The van der Waals surface area contributed by atoms with Crippen LogP contribution >= 0.6 is 11.6 Å². The first-order chi connectivity index (χ1) is 9.70. The van der Waals surface area contributed by atoms with Crippen molar-refractivity contribution in [2.24, 2.45) is 5.92 Å². The Bertz CT molecular complexity index is 523. The van der Waals surface area contributed by atoms with Gasteiger partial charge < -0.3 is 14.4 Å². The molecule has 2 aliphatic heterocycles. The molecule has 0 spiro atoms. The highest BCUT2D eigenvalue weighted by Gasteiger charge is 2.41.